The maximum absolute atomic E-state index is 13.5. The van der Waals surface area contributed by atoms with Gasteiger partial charge in [0.05, 0.1) is 5.56 Å². The molecule has 4 rings (SSSR count). The van der Waals surface area contributed by atoms with E-state index >= 15 is 0 Å². The maximum Gasteiger partial charge on any atom is 0.197 e. The fourth-order valence-electron chi connectivity index (χ4n) is 3.74. The molecule has 0 aliphatic heterocycles. The van der Waals surface area contributed by atoms with E-state index < -0.39 is 0 Å². The highest BCUT2D eigenvalue weighted by Crippen LogP contribution is 2.35. The van der Waals surface area contributed by atoms with Crippen LogP contribution in [0, 0.1) is 0 Å². The number of benzene rings is 3. The van der Waals surface area contributed by atoms with Gasteiger partial charge in [0, 0.05) is 23.1 Å². The van der Waals surface area contributed by atoms with Crippen LogP contribution in [-0.4, -0.2) is 36.9 Å². The van der Waals surface area contributed by atoms with Gasteiger partial charge in [-0.15, -0.1) is 0 Å². The standard InChI is InChI=1S/C27H27NO3/c1-3-28(4-2)18-19-30-22-16-14-20(15-17-22)26(29)25-23-12-8-9-13-24(23)31-27(25)21-10-6-5-7-11-21/h5-17H,3-4,18-19H2,1-2H3. The van der Waals surface area contributed by atoms with E-state index in [4.69, 9.17) is 9.15 Å². The van der Waals surface area contributed by atoms with Gasteiger partial charge in [0.2, 0.25) is 0 Å². The monoisotopic (exact) mass is 413 g/mol. The number of likely N-dealkylation sites (N-methyl/N-ethyl adjacent to an activating group) is 1. The minimum absolute atomic E-state index is 0.0569. The van der Waals surface area contributed by atoms with E-state index in [1.54, 1.807) is 0 Å². The van der Waals surface area contributed by atoms with Crippen molar-refractivity contribution in [1.82, 2.24) is 4.90 Å². The zero-order chi connectivity index (χ0) is 21.6. The summed E-state index contributed by atoms with van der Waals surface area (Å²) in [6, 6.07) is 24.8. The topological polar surface area (TPSA) is 42.7 Å². The number of ketones is 1. The van der Waals surface area contributed by atoms with E-state index in [9.17, 15) is 4.79 Å². The first-order valence-electron chi connectivity index (χ1n) is 10.8. The minimum Gasteiger partial charge on any atom is -0.492 e. The summed E-state index contributed by atoms with van der Waals surface area (Å²) in [6.07, 6.45) is 0. The van der Waals surface area contributed by atoms with Crippen molar-refractivity contribution in [3.8, 4) is 17.1 Å². The van der Waals surface area contributed by atoms with Gasteiger partial charge >= 0.3 is 0 Å². The molecule has 0 radical (unpaired) electrons. The van der Waals surface area contributed by atoms with Crippen LogP contribution in [0.25, 0.3) is 22.3 Å². The van der Waals surface area contributed by atoms with E-state index in [1.165, 1.54) is 0 Å². The third kappa shape index (κ3) is 4.54. The maximum atomic E-state index is 13.5. The summed E-state index contributed by atoms with van der Waals surface area (Å²) >= 11 is 0. The molecule has 0 saturated heterocycles. The van der Waals surface area contributed by atoms with Gasteiger partial charge in [-0.2, -0.15) is 0 Å². The van der Waals surface area contributed by atoms with Gasteiger partial charge in [0.25, 0.3) is 0 Å². The highest BCUT2D eigenvalue weighted by molar-refractivity contribution is 6.19. The van der Waals surface area contributed by atoms with E-state index in [1.807, 2.05) is 78.9 Å². The van der Waals surface area contributed by atoms with Gasteiger partial charge in [-0.1, -0.05) is 62.4 Å². The Hall–Kier alpha value is -3.37. The van der Waals surface area contributed by atoms with Gasteiger partial charge in [0.1, 0.15) is 23.7 Å². The molecular weight excluding hydrogens is 386 g/mol. The van der Waals surface area contributed by atoms with E-state index in [0.717, 1.165) is 36.3 Å². The van der Waals surface area contributed by atoms with Crippen molar-refractivity contribution in [2.45, 2.75) is 13.8 Å². The summed E-state index contributed by atoms with van der Waals surface area (Å²) in [6.45, 7) is 7.82. The summed E-state index contributed by atoms with van der Waals surface area (Å²) in [7, 11) is 0. The summed E-state index contributed by atoms with van der Waals surface area (Å²) in [5.74, 6) is 1.31. The lowest BCUT2D eigenvalue weighted by Gasteiger charge is -2.18. The second-order valence-corrected chi connectivity index (χ2v) is 7.40. The molecule has 0 unspecified atom stereocenters. The summed E-state index contributed by atoms with van der Waals surface area (Å²) in [5.41, 5.74) is 2.80. The lowest BCUT2D eigenvalue weighted by atomic mass is 9.97. The molecule has 0 spiro atoms. The Bertz CT molecular complexity index is 1140. The second kappa shape index (κ2) is 9.63. The number of carbonyl (C=O) groups is 1. The molecule has 0 atom stereocenters. The first kappa shape index (κ1) is 20.9. The molecule has 4 nitrogen and oxygen atoms in total. The molecule has 0 saturated carbocycles. The average Bonchev–Trinajstić information content (AvgIpc) is 3.22. The Labute approximate surface area is 183 Å². The predicted molar refractivity (Wildman–Crippen MR) is 125 cm³/mol. The molecule has 0 aliphatic rings. The number of furan rings is 1. The highest BCUT2D eigenvalue weighted by Gasteiger charge is 2.23. The zero-order valence-corrected chi connectivity index (χ0v) is 18.0. The van der Waals surface area contributed by atoms with Crippen LogP contribution in [0.5, 0.6) is 5.75 Å². The Morgan fingerprint density at radius 2 is 1.55 bits per heavy atom. The third-order valence-corrected chi connectivity index (χ3v) is 5.55. The molecule has 4 aromatic rings. The van der Waals surface area contributed by atoms with Crippen LogP contribution in [0.1, 0.15) is 29.8 Å². The van der Waals surface area contributed by atoms with E-state index in [0.29, 0.717) is 29.1 Å². The summed E-state index contributed by atoms with van der Waals surface area (Å²) < 4.78 is 12.0. The fourth-order valence-corrected chi connectivity index (χ4v) is 3.74. The number of fused-ring (bicyclic) bond motifs is 1. The summed E-state index contributed by atoms with van der Waals surface area (Å²) in [4.78, 5) is 15.8. The molecule has 3 aromatic carbocycles. The van der Waals surface area contributed by atoms with Gasteiger partial charge in [-0.05, 0) is 43.4 Å². The molecule has 0 fully saturated rings. The van der Waals surface area contributed by atoms with Gasteiger partial charge in [0.15, 0.2) is 5.78 Å². The highest BCUT2D eigenvalue weighted by atomic mass is 16.5. The molecule has 0 bridgehead atoms. The SMILES string of the molecule is CCN(CC)CCOc1ccc(C(=O)c2c(-c3ccccc3)oc3ccccc23)cc1. The molecule has 1 heterocycles. The smallest absolute Gasteiger partial charge is 0.197 e. The molecule has 0 aliphatic carbocycles. The van der Waals surface area contributed by atoms with Crippen LogP contribution in [0.2, 0.25) is 0 Å². The van der Waals surface area contributed by atoms with Crippen molar-refractivity contribution in [2.24, 2.45) is 0 Å². The van der Waals surface area contributed by atoms with Crippen molar-refractivity contribution in [3.63, 3.8) is 0 Å². The Balaban J connectivity index is 1.60. The largest absolute Gasteiger partial charge is 0.492 e. The van der Waals surface area contributed by atoms with Crippen LogP contribution in [0.3, 0.4) is 0 Å². The molecular formula is C27H27NO3. The number of carbonyl (C=O) groups excluding carboxylic acids is 1. The second-order valence-electron chi connectivity index (χ2n) is 7.40. The number of nitrogens with zero attached hydrogens (tertiary/aromatic N) is 1. The van der Waals surface area contributed by atoms with Gasteiger partial charge < -0.3 is 14.1 Å². The molecule has 4 heteroatoms. The van der Waals surface area contributed by atoms with Crippen molar-refractivity contribution in [1.29, 1.82) is 0 Å². The molecule has 1 aromatic heterocycles. The van der Waals surface area contributed by atoms with E-state index in [-0.39, 0.29) is 5.78 Å². The zero-order valence-electron chi connectivity index (χ0n) is 18.0. The normalized spacial score (nSPS) is 11.2. The Morgan fingerprint density at radius 3 is 2.26 bits per heavy atom. The van der Waals surface area contributed by atoms with Crippen LogP contribution < -0.4 is 4.74 Å². The lowest BCUT2D eigenvalue weighted by molar-refractivity contribution is 0.104. The first-order chi connectivity index (χ1) is 15.2. The number of rotatable bonds is 9. The molecule has 158 valence electrons. The number of hydrogen-bond donors (Lipinski definition) is 0. The van der Waals surface area contributed by atoms with Crippen LogP contribution >= 0.6 is 0 Å². The number of para-hydroxylation sites is 1. The summed E-state index contributed by atoms with van der Waals surface area (Å²) in [5, 5.41) is 0.825. The van der Waals surface area contributed by atoms with Crippen molar-refractivity contribution < 1.29 is 13.9 Å². The van der Waals surface area contributed by atoms with Crippen molar-refractivity contribution in [3.05, 3.63) is 90.0 Å². The van der Waals surface area contributed by atoms with Crippen LogP contribution in [0.15, 0.2) is 83.3 Å². The van der Waals surface area contributed by atoms with Crippen LogP contribution in [-0.2, 0) is 0 Å². The predicted octanol–water partition coefficient (Wildman–Crippen LogP) is 6.05. The fraction of sp³-hybridized carbons (Fsp3) is 0.222. The number of hydrogen-bond acceptors (Lipinski definition) is 4. The molecule has 0 amide bonds. The molecule has 0 N–H and O–H groups in total. The van der Waals surface area contributed by atoms with Crippen molar-refractivity contribution >= 4 is 16.8 Å². The first-order valence-corrected chi connectivity index (χ1v) is 10.8. The quantitative estimate of drug-likeness (QED) is 0.313. The van der Waals surface area contributed by atoms with Crippen LogP contribution in [0.4, 0.5) is 0 Å². The minimum atomic E-state index is -0.0569. The molecule has 31 heavy (non-hydrogen) atoms. The van der Waals surface area contributed by atoms with Gasteiger partial charge in [-0.3, -0.25) is 4.79 Å². The van der Waals surface area contributed by atoms with E-state index in [2.05, 4.69) is 18.7 Å². The van der Waals surface area contributed by atoms with Crippen molar-refractivity contribution in [2.75, 3.05) is 26.2 Å². The third-order valence-electron chi connectivity index (χ3n) is 5.55. The Morgan fingerprint density at radius 1 is 0.871 bits per heavy atom. The lowest BCUT2D eigenvalue weighted by Crippen LogP contribution is -2.27. The van der Waals surface area contributed by atoms with Gasteiger partial charge in [-0.25, -0.2) is 0 Å². The average molecular weight is 414 g/mol. The Kier molecular flexibility index (Phi) is 6.48. The number of ether oxygens (including phenoxy) is 1.